The standard InChI is InChI=1S/C11H16N2O/c1-14-11-6-5-9(8-13-11)10-4-2-3-7-12-10/h5-6,8,10,12H,2-4,7H2,1H3. The SMILES string of the molecule is COc1ccc(C2CCCCN2)cn1. The highest BCUT2D eigenvalue weighted by Gasteiger charge is 2.14. The molecule has 76 valence electrons. The summed E-state index contributed by atoms with van der Waals surface area (Å²) in [7, 11) is 1.64. The summed E-state index contributed by atoms with van der Waals surface area (Å²) in [6, 6.07) is 4.50. The number of nitrogens with zero attached hydrogens (tertiary/aromatic N) is 1. The van der Waals surface area contributed by atoms with E-state index in [1.54, 1.807) is 7.11 Å². The smallest absolute Gasteiger partial charge is 0.212 e. The van der Waals surface area contributed by atoms with Gasteiger partial charge in [-0.15, -0.1) is 0 Å². The van der Waals surface area contributed by atoms with Crippen molar-refractivity contribution >= 4 is 0 Å². The van der Waals surface area contributed by atoms with Crippen LogP contribution < -0.4 is 10.1 Å². The van der Waals surface area contributed by atoms with E-state index in [-0.39, 0.29) is 0 Å². The number of aromatic nitrogens is 1. The van der Waals surface area contributed by atoms with Crippen molar-refractivity contribution in [3.8, 4) is 5.88 Å². The number of hydrogen-bond acceptors (Lipinski definition) is 3. The fraction of sp³-hybridized carbons (Fsp3) is 0.545. The van der Waals surface area contributed by atoms with Crippen LogP contribution in [0.4, 0.5) is 0 Å². The van der Waals surface area contributed by atoms with Gasteiger partial charge in [0.15, 0.2) is 0 Å². The van der Waals surface area contributed by atoms with E-state index < -0.39 is 0 Å². The lowest BCUT2D eigenvalue weighted by Crippen LogP contribution is -2.26. The number of pyridine rings is 1. The maximum Gasteiger partial charge on any atom is 0.212 e. The second-order valence-corrected chi connectivity index (χ2v) is 3.64. The third kappa shape index (κ3) is 2.04. The van der Waals surface area contributed by atoms with Crippen LogP contribution in [0.25, 0.3) is 0 Å². The minimum absolute atomic E-state index is 0.488. The summed E-state index contributed by atoms with van der Waals surface area (Å²) in [5.41, 5.74) is 1.27. The predicted octanol–water partition coefficient (Wildman–Crippen LogP) is 1.90. The van der Waals surface area contributed by atoms with Gasteiger partial charge >= 0.3 is 0 Å². The van der Waals surface area contributed by atoms with Crippen molar-refractivity contribution in [1.82, 2.24) is 10.3 Å². The molecule has 0 spiro atoms. The van der Waals surface area contributed by atoms with Gasteiger partial charge in [0.2, 0.25) is 5.88 Å². The Morgan fingerprint density at radius 2 is 2.36 bits per heavy atom. The van der Waals surface area contributed by atoms with E-state index in [0.717, 1.165) is 6.54 Å². The minimum Gasteiger partial charge on any atom is -0.481 e. The molecule has 0 aromatic carbocycles. The van der Waals surface area contributed by atoms with Crippen molar-refractivity contribution in [2.75, 3.05) is 13.7 Å². The normalized spacial score (nSPS) is 21.9. The molecule has 1 aromatic heterocycles. The monoisotopic (exact) mass is 192 g/mol. The van der Waals surface area contributed by atoms with Gasteiger partial charge in [-0.3, -0.25) is 0 Å². The molecule has 0 radical (unpaired) electrons. The number of piperidine rings is 1. The Kier molecular flexibility index (Phi) is 2.99. The van der Waals surface area contributed by atoms with Crippen LogP contribution in [-0.4, -0.2) is 18.6 Å². The molecule has 1 aliphatic rings. The molecule has 3 heteroatoms. The van der Waals surface area contributed by atoms with Gasteiger partial charge in [0, 0.05) is 18.3 Å². The minimum atomic E-state index is 0.488. The Hall–Kier alpha value is -1.09. The van der Waals surface area contributed by atoms with E-state index in [0.29, 0.717) is 11.9 Å². The number of rotatable bonds is 2. The van der Waals surface area contributed by atoms with Crippen molar-refractivity contribution in [1.29, 1.82) is 0 Å². The summed E-state index contributed by atoms with van der Waals surface area (Å²) in [6.45, 7) is 1.12. The first-order valence-corrected chi connectivity index (χ1v) is 5.13. The largest absolute Gasteiger partial charge is 0.481 e. The van der Waals surface area contributed by atoms with Crippen molar-refractivity contribution in [2.45, 2.75) is 25.3 Å². The van der Waals surface area contributed by atoms with E-state index in [1.165, 1.54) is 24.8 Å². The van der Waals surface area contributed by atoms with E-state index in [4.69, 9.17) is 4.74 Å². The van der Waals surface area contributed by atoms with Crippen LogP contribution in [0.15, 0.2) is 18.3 Å². The molecule has 1 N–H and O–H groups in total. The molecule has 1 saturated heterocycles. The predicted molar refractivity (Wildman–Crippen MR) is 55.4 cm³/mol. The third-order valence-corrected chi connectivity index (χ3v) is 2.68. The molecule has 0 amide bonds. The molecule has 1 aliphatic heterocycles. The molecule has 3 nitrogen and oxygen atoms in total. The fourth-order valence-corrected chi connectivity index (χ4v) is 1.85. The van der Waals surface area contributed by atoms with E-state index in [9.17, 15) is 0 Å². The molecule has 2 rings (SSSR count). The zero-order valence-electron chi connectivity index (χ0n) is 8.49. The number of methoxy groups -OCH3 is 1. The first-order valence-electron chi connectivity index (χ1n) is 5.13. The van der Waals surface area contributed by atoms with E-state index in [2.05, 4.69) is 16.4 Å². The fourth-order valence-electron chi connectivity index (χ4n) is 1.85. The third-order valence-electron chi connectivity index (χ3n) is 2.68. The van der Waals surface area contributed by atoms with Crippen molar-refractivity contribution in [2.24, 2.45) is 0 Å². The molecule has 0 aliphatic carbocycles. The first-order chi connectivity index (χ1) is 6.90. The van der Waals surface area contributed by atoms with Crippen LogP contribution in [0.2, 0.25) is 0 Å². The summed E-state index contributed by atoms with van der Waals surface area (Å²) in [5, 5.41) is 3.49. The quantitative estimate of drug-likeness (QED) is 0.777. The second-order valence-electron chi connectivity index (χ2n) is 3.64. The zero-order valence-corrected chi connectivity index (χ0v) is 8.49. The van der Waals surface area contributed by atoms with Gasteiger partial charge in [-0.05, 0) is 24.9 Å². The Morgan fingerprint density at radius 1 is 1.43 bits per heavy atom. The lowest BCUT2D eigenvalue weighted by atomic mass is 9.99. The number of hydrogen-bond donors (Lipinski definition) is 1. The van der Waals surface area contributed by atoms with Gasteiger partial charge in [0.25, 0.3) is 0 Å². The van der Waals surface area contributed by atoms with Gasteiger partial charge in [-0.2, -0.15) is 0 Å². The average Bonchev–Trinajstić information content (AvgIpc) is 2.30. The zero-order chi connectivity index (χ0) is 9.80. The number of ether oxygens (including phenoxy) is 1. The van der Waals surface area contributed by atoms with Crippen LogP contribution in [0.1, 0.15) is 30.9 Å². The Balaban J connectivity index is 2.07. The molecule has 0 saturated carbocycles. The highest BCUT2D eigenvalue weighted by atomic mass is 16.5. The highest BCUT2D eigenvalue weighted by molar-refractivity contribution is 5.21. The van der Waals surface area contributed by atoms with Crippen LogP contribution in [0.5, 0.6) is 5.88 Å². The summed E-state index contributed by atoms with van der Waals surface area (Å²) in [4.78, 5) is 4.21. The molecular formula is C11H16N2O. The van der Waals surface area contributed by atoms with Crippen molar-refractivity contribution in [3.05, 3.63) is 23.9 Å². The molecule has 1 unspecified atom stereocenters. The Labute approximate surface area is 84.5 Å². The summed E-state index contributed by atoms with van der Waals surface area (Å²) >= 11 is 0. The van der Waals surface area contributed by atoms with Gasteiger partial charge in [-0.1, -0.05) is 12.5 Å². The maximum atomic E-state index is 5.02. The van der Waals surface area contributed by atoms with Gasteiger partial charge < -0.3 is 10.1 Å². The Morgan fingerprint density at radius 3 is 2.93 bits per heavy atom. The number of nitrogens with one attached hydrogen (secondary N) is 1. The van der Waals surface area contributed by atoms with Crippen molar-refractivity contribution < 1.29 is 4.74 Å². The van der Waals surface area contributed by atoms with Gasteiger partial charge in [-0.25, -0.2) is 4.98 Å². The lowest BCUT2D eigenvalue weighted by molar-refractivity contribution is 0.392. The lowest BCUT2D eigenvalue weighted by Gasteiger charge is -2.23. The molecular weight excluding hydrogens is 176 g/mol. The van der Waals surface area contributed by atoms with Crippen LogP contribution in [-0.2, 0) is 0 Å². The highest BCUT2D eigenvalue weighted by Crippen LogP contribution is 2.22. The summed E-state index contributed by atoms with van der Waals surface area (Å²) in [5.74, 6) is 0.685. The molecule has 14 heavy (non-hydrogen) atoms. The molecule has 1 atom stereocenters. The summed E-state index contributed by atoms with van der Waals surface area (Å²) in [6.07, 6.45) is 5.72. The molecule has 0 bridgehead atoms. The van der Waals surface area contributed by atoms with Gasteiger partial charge in [0.05, 0.1) is 7.11 Å². The van der Waals surface area contributed by atoms with E-state index >= 15 is 0 Å². The van der Waals surface area contributed by atoms with Crippen molar-refractivity contribution in [3.63, 3.8) is 0 Å². The van der Waals surface area contributed by atoms with Gasteiger partial charge in [0.1, 0.15) is 0 Å². The summed E-state index contributed by atoms with van der Waals surface area (Å²) < 4.78 is 5.02. The molecule has 2 heterocycles. The van der Waals surface area contributed by atoms with Crippen LogP contribution >= 0.6 is 0 Å². The second kappa shape index (κ2) is 4.42. The van der Waals surface area contributed by atoms with Crippen LogP contribution in [0, 0.1) is 0 Å². The first kappa shape index (κ1) is 9.46. The molecule has 1 aromatic rings. The molecule has 1 fully saturated rings. The van der Waals surface area contributed by atoms with Crippen LogP contribution in [0.3, 0.4) is 0 Å². The van der Waals surface area contributed by atoms with E-state index in [1.807, 2.05) is 12.3 Å². The topological polar surface area (TPSA) is 34.1 Å². The Bertz CT molecular complexity index is 278. The average molecular weight is 192 g/mol. The maximum absolute atomic E-state index is 5.02.